The highest BCUT2D eigenvalue weighted by Crippen LogP contribution is 2.29. The van der Waals surface area contributed by atoms with Gasteiger partial charge in [-0.05, 0) is 39.2 Å². The SMILES string of the molecule is CN(C)CCCNC(=O)C(=O)Nc1cccc2c(O)cccc12. The third kappa shape index (κ3) is 4.43. The Morgan fingerprint density at radius 1 is 1.04 bits per heavy atom. The molecule has 0 radical (unpaired) electrons. The molecule has 0 saturated carbocycles. The van der Waals surface area contributed by atoms with E-state index in [0.29, 0.717) is 23.0 Å². The number of rotatable bonds is 5. The van der Waals surface area contributed by atoms with Crippen LogP contribution in [0.5, 0.6) is 5.75 Å². The fourth-order valence-corrected chi connectivity index (χ4v) is 2.26. The molecule has 0 atom stereocenters. The molecule has 0 heterocycles. The first-order valence-corrected chi connectivity index (χ1v) is 7.43. The lowest BCUT2D eigenvalue weighted by Crippen LogP contribution is -2.36. The van der Waals surface area contributed by atoms with E-state index >= 15 is 0 Å². The summed E-state index contributed by atoms with van der Waals surface area (Å²) in [4.78, 5) is 25.8. The Bertz CT molecular complexity index is 713. The molecule has 0 fully saturated rings. The van der Waals surface area contributed by atoms with Gasteiger partial charge in [-0.15, -0.1) is 0 Å². The first-order chi connectivity index (χ1) is 11.0. The van der Waals surface area contributed by atoms with E-state index in [0.717, 1.165) is 13.0 Å². The van der Waals surface area contributed by atoms with Crippen molar-refractivity contribution in [3.63, 3.8) is 0 Å². The van der Waals surface area contributed by atoms with Crippen LogP contribution in [-0.4, -0.2) is 49.0 Å². The summed E-state index contributed by atoms with van der Waals surface area (Å²) in [6, 6.07) is 10.2. The lowest BCUT2D eigenvalue weighted by molar-refractivity contribution is -0.136. The predicted octanol–water partition coefficient (Wildman–Crippen LogP) is 1.55. The second-order valence-electron chi connectivity index (χ2n) is 5.54. The van der Waals surface area contributed by atoms with E-state index in [4.69, 9.17) is 0 Å². The van der Waals surface area contributed by atoms with Gasteiger partial charge in [-0.25, -0.2) is 0 Å². The smallest absolute Gasteiger partial charge is 0.313 e. The molecule has 2 amide bonds. The van der Waals surface area contributed by atoms with Crippen LogP contribution in [0.4, 0.5) is 5.69 Å². The molecule has 0 bridgehead atoms. The lowest BCUT2D eigenvalue weighted by atomic mass is 10.1. The molecular weight excluding hydrogens is 294 g/mol. The maximum absolute atomic E-state index is 12.0. The molecule has 6 heteroatoms. The Labute approximate surface area is 135 Å². The van der Waals surface area contributed by atoms with Crippen molar-refractivity contribution in [2.45, 2.75) is 6.42 Å². The van der Waals surface area contributed by atoms with Gasteiger partial charge in [-0.3, -0.25) is 9.59 Å². The fourth-order valence-electron chi connectivity index (χ4n) is 2.26. The second kappa shape index (κ2) is 7.60. The van der Waals surface area contributed by atoms with E-state index < -0.39 is 11.8 Å². The zero-order valence-corrected chi connectivity index (χ0v) is 13.3. The summed E-state index contributed by atoms with van der Waals surface area (Å²) in [5.74, 6) is -1.25. The van der Waals surface area contributed by atoms with E-state index in [1.807, 2.05) is 19.0 Å². The number of carbonyl (C=O) groups is 2. The van der Waals surface area contributed by atoms with E-state index in [2.05, 4.69) is 10.6 Å². The Kier molecular flexibility index (Phi) is 5.54. The summed E-state index contributed by atoms with van der Waals surface area (Å²) in [6.45, 7) is 1.28. The Balaban J connectivity index is 2.00. The predicted molar refractivity (Wildman–Crippen MR) is 90.4 cm³/mol. The minimum Gasteiger partial charge on any atom is -0.507 e. The molecule has 2 aromatic rings. The van der Waals surface area contributed by atoms with Gasteiger partial charge in [0.05, 0.1) is 0 Å². The normalized spacial score (nSPS) is 10.7. The summed E-state index contributed by atoms with van der Waals surface area (Å²) in [7, 11) is 3.90. The molecule has 2 aromatic carbocycles. The number of carbonyl (C=O) groups excluding carboxylic acids is 2. The molecule has 6 nitrogen and oxygen atoms in total. The summed E-state index contributed by atoms with van der Waals surface area (Å²) in [5, 5.41) is 16.3. The zero-order valence-electron chi connectivity index (χ0n) is 13.3. The summed E-state index contributed by atoms with van der Waals surface area (Å²) in [5.41, 5.74) is 0.492. The lowest BCUT2D eigenvalue weighted by Gasteiger charge is -2.11. The third-order valence-electron chi connectivity index (χ3n) is 3.42. The fraction of sp³-hybridized carbons (Fsp3) is 0.294. The number of aromatic hydroxyl groups is 1. The van der Waals surface area contributed by atoms with Crippen LogP contribution in [0, 0.1) is 0 Å². The quantitative estimate of drug-likeness (QED) is 0.577. The Morgan fingerprint density at radius 3 is 2.48 bits per heavy atom. The highest BCUT2D eigenvalue weighted by Gasteiger charge is 2.14. The molecular formula is C17H21N3O3. The second-order valence-corrected chi connectivity index (χ2v) is 5.54. The van der Waals surface area contributed by atoms with Gasteiger partial charge in [0.15, 0.2) is 0 Å². The van der Waals surface area contributed by atoms with Gasteiger partial charge in [0, 0.05) is 23.0 Å². The highest BCUT2D eigenvalue weighted by atomic mass is 16.3. The van der Waals surface area contributed by atoms with Gasteiger partial charge in [-0.2, -0.15) is 0 Å². The van der Waals surface area contributed by atoms with Gasteiger partial charge >= 0.3 is 11.8 Å². The van der Waals surface area contributed by atoms with Crippen molar-refractivity contribution in [2.24, 2.45) is 0 Å². The van der Waals surface area contributed by atoms with Crippen molar-refractivity contribution in [1.82, 2.24) is 10.2 Å². The van der Waals surface area contributed by atoms with Crippen molar-refractivity contribution >= 4 is 28.3 Å². The number of fused-ring (bicyclic) bond motifs is 1. The monoisotopic (exact) mass is 315 g/mol. The van der Waals surface area contributed by atoms with Crippen LogP contribution < -0.4 is 10.6 Å². The molecule has 122 valence electrons. The molecule has 0 aliphatic heterocycles. The van der Waals surface area contributed by atoms with Crippen molar-refractivity contribution in [1.29, 1.82) is 0 Å². The van der Waals surface area contributed by atoms with Crippen molar-refractivity contribution in [3.05, 3.63) is 36.4 Å². The molecule has 23 heavy (non-hydrogen) atoms. The standard InChI is InChI=1S/C17H21N3O3/c1-20(2)11-5-10-18-16(22)17(23)19-14-8-3-7-13-12(14)6-4-9-15(13)21/h3-4,6-9,21H,5,10-11H2,1-2H3,(H,18,22)(H,19,23). The van der Waals surface area contributed by atoms with Crippen LogP contribution in [0.1, 0.15) is 6.42 Å². The van der Waals surface area contributed by atoms with Crippen LogP contribution in [-0.2, 0) is 9.59 Å². The van der Waals surface area contributed by atoms with Crippen LogP contribution in [0.2, 0.25) is 0 Å². The number of amides is 2. The topological polar surface area (TPSA) is 81.7 Å². The van der Waals surface area contributed by atoms with E-state index in [9.17, 15) is 14.7 Å². The molecule has 0 aromatic heterocycles. The van der Waals surface area contributed by atoms with Gasteiger partial charge < -0.3 is 20.6 Å². The number of hydrogen-bond donors (Lipinski definition) is 3. The zero-order chi connectivity index (χ0) is 16.8. The summed E-state index contributed by atoms with van der Waals surface area (Å²) < 4.78 is 0. The van der Waals surface area contributed by atoms with Gasteiger partial charge in [-0.1, -0.05) is 24.3 Å². The number of nitrogens with one attached hydrogen (secondary N) is 2. The third-order valence-corrected chi connectivity index (χ3v) is 3.42. The van der Waals surface area contributed by atoms with Gasteiger partial charge in [0.2, 0.25) is 0 Å². The van der Waals surface area contributed by atoms with Crippen LogP contribution in [0.25, 0.3) is 10.8 Å². The number of anilines is 1. The average Bonchev–Trinajstić information content (AvgIpc) is 2.52. The van der Waals surface area contributed by atoms with E-state index in [1.54, 1.807) is 36.4 Å². The first kappa shape index (κ1) is 16.8. The van der Waals surface area contributed by atoms with Crippen molar-refractivity contribution in [2.75, 3.05) is 32.5 Å². The molecule has 0 unspecified atom stereocenters. The number of nitrogens with zero attached hydrogens (tertiary/aromatic N) is 1. The van der Waals surface area contributed by atoms with Crippen LogP contribution in [0.3, 0.4) is 0 Å². The molecule has 2 rings (SSSR count). The molecule has 0 aliphatic rings. The minimum absolute atomic E-state index is 0.131. The van der Waals surface area contributed by atoms with Gasteiger partial charge in [0.25, 0.3) is 0 Å². The number of phenols is 1. The number of phenolic OH excluding ortho intramolecular Hbond substituents is 1. The summed E-state index contributed by atoms with van der Waals surface area (Å²) in [6.07, 6.45) is 0.772. The molecule has 0 spiro atoms. The van der Waals surface area contributed by atoms with E-state index in [-0.39, 0.29) is 5.75 Å². The Morgan fingerprint density at radius 2 is 1.74 bits per heavy atom. The number of benzene rings is 2. The van der Waals surface area contributed by atoms with Crippen LogP contribution >= 0.6 is 0 Å². The maximum Gasteiger partial charge on any atom is 0.313 e. The van der Waals surface area contributed by atoms with Crippen molar-refractivity contribution in [3.8, 4) is 5.75 Å². The largest absolute Gasteiger partial charge is 0.507 e. The van der Waals surface area contributed by atoms with Gasteiger partial charge in [0.1, 0.15) is 5.75 Å². The molecule has 0 saturated heterocycles. The van der Waals surface area contributed by atoms with Crippen LogP contribution in [0.15, 0.2) is 36.4 Å². The average molecular weight is 315 g/mol. The summed E-state index contributed by atoms with van der Waals surface area (Å²) >= 11 is 0. The highest BCUT2D eigenvalue weighted by molar-refractivity contribution is 6.40. The first-order valence-electron chi connectivity index (χ1n) is 7.43. The molecule has 3 N–H and O–H groups in total. The van der Waals surface area contributed by atoms with E-state index in [1.165, 1.54) is 0 Å². The Hall–Kier alpha value is -2.60. The van der Waals surface area contributed by atoms with Crippen molar-refractivity contribution < 1.29 is 14.7 Å². The number of hydrogen-bond acceptors (Lipinski definition) is 4. The molecule has 0 aliphatic carbocycles. The maximum atomic E-state index is 12.0. The minimum atomic E-state index is -0.717.